The molecule has 6 rings (SSSR count). The van der Waals surface area contributed by atoms with Crippen LogP contribution in [0, 0.1) is 19.8 Å². The highest BCUT2D eigenvalue weighted by atomic mass is 16.5. The number of ether oxygens (including phenoxy) is 2. The first kappa shape index (κ1) is 21.6. The third-order valence-electron chi connectivity index (χ3n) is 7.07. The molecule has 9 heteroatoms. The standard InChI is InChI=1S/C26H27N5O4/c1-15-23(16(2)35-29-15)18-7-8-20-24-25(18)34-14-21(19-6-4-5-10-27-19)31(24)26(28-20)30-11-9-17(13-30)12-22(32)33-3/h4-8,10,17,21H,9,11-14H2,1-3H3/t17-,21+/m0/s1. The second kappa shape index (κ2) is 8.41. The number of benzene rings is 1. The number of imidazole rings is 1. The molecular weight excluding hydrogens is 446 g/mol. The molecule has 0 amide bonds. The summed E-state index contributed by atoms with van der Waals surface area (Å²) >= 11 is 0. The number of esters is 1. The monoisotopic (exact) mass is 473 g/mol. The topological polar surface area (TPSA) is 95.5 Å². The Morgan fingerprint density at radius 1 is 1.23 bits per heavy atom. The van der Waals surface area contributed by atoms with Crippen molar-refractivity contribution < 1.29 is 18.8 Å². The number of anilines is 1. The first-order valence-electron chi connectivity index (χ1n) is 11.9. The Balaban J connectivity index is 1.51. The number of aromatic nitrogens is 4. The van der Waals surface area contributed by atoms with Gasteiger partial charge in [-0.15, -0.1) is 0 Å². The molecule has 4 aromatic rings. The van der Waals surface area contributed by atoms with E-state index >= 15 is 0 Å². The zero-order valence-electron chi connectivity index (χ0n) is 20.0. The molecule has 3 aromatic heterocycles. The van der Waals surface area contributed by atoms with Gasteiger partial charge in [-0.1, -0.05) is 11.2 Å². The number of nitrogens with zero attached hydrogens (tertiary/aromatic N) is 5. The second-order valence-electron chi connectivity index (χ2n) is 9.25. The van der Waals surface area contributed by atoms with E-state index in [2.05, 4.69) is 19.6 Å². The van der Waals surface area contributed by atoms with Crippen LogP contribution in [0.4, 0.5) is 5.95 Å². The highest BCUT2D eigenvalue weighted by Crippen LogP contribution is 2.46. The predicted octanol–water partition coefficient (Wildman–Crippen LogP) is 4.07. The van der Waals surface area contributed by atoms with Crippen LogP contribution in [0.2, 0.25) is 0 Å². The van der Waals surface area contributed by atoms with Crippen LogP contribution in [-0.4, -0.2) is 52.5 Å². The molecule has 0 aliphatic carbocycles. The highest BCUT2D eigenvalue weighted by molar-refractivity contribution is 5.94. The molecule has 0 spiro atoms. The van der Waals surface area contributed by atoms with E-state index in [0.29, 0.717) is 13.0 Å². The number of aryl methyl sites for hydroxylation is 2. The lowest BCUT2D eigenvalue weighted by Crippen LogP contribution is -2.30. The molecule has 0 N–H and O–H groups in total. The van der Waals surface area contributed by atoms with Gasteiger partial charge in [0.05, 0.1) is 36.0 Å². The minimum Gasteiger partial charge on any atom is -0.488 e. The maximum Gasteiger partial charge on any atom is 0.305 e. The summed E-state index contributed by atoms with van der Waals surface area (Å²) in [5.41, 5.74) is 5.45. The van der Waals surface area contributed by atoms with Crippen LogP contribution in [0.1, 0.15) is 36.0 Å². The van der Waals surface area contributed by atoms with Crippen LogP contribution in [0.3, 0.4) is 0 Å². The van der Waals surface area contributed by atoms with E-state index in [1.807, 2.05) is 44.2 Å². The molecule has 2 aliphatic rings. The fraction of sp³-hybridized carbons (Fsp3) is 0.385. The van der Waals surface area contributed by atoms with Gasteiger partial charge in [0.2, 0.25) is 5.95 Å². The van der Waals surface area contributed by atoms with Crippen LogP contribution >= 0.6 is 0 Å². The van der Waals surface area contributed by atoms with E-state index in [0.717, 1.165) is 70.5 Å². The maximum absolute atomic E-state index is 11.9. The van der Waals surface area contributed by atoms with Crippen LogP contribution in [0.5, 0.6) is 5.75 Å². The Kier molecular flexibility index (Phi) is 5.20. The van der Waals surface area contributed by atoms with Gasteiger partial charge in [-0.2, -0.15) is 0 Å². The molecular formula is C26H27N5O4. The number of carbonyl (C=O) groups excluding carboxylic acids is 1. The van der Waals surface area contributed by atoms with Crippen LogP contribution in [-0.2, 0) is 9.53 Å². The fourth-order valence-electron chi connectivity index (χ4n) is 5.40. The molecule has 1 saturated heterocycles. The minimum atomic E-state index is -0.169. The van der Waals surface area contributed by atoms with E-state index in [1.165, 1.54) is 7.11 Å². The van der Waals surface area contributed by atoms with Crippen LogP contribution < -0.4 is 9.64 Å². The minimum absolute atomic E-state index is 0.122. The zero-order valence-corrected chi connectivity index (χ0v) is 20.0. The van der Waals surface area contributed by atoms with E-state index in [-0.39, 0.29) is 17.9 Å². The predicted molar refractivity (Wildman–Crippen MR) is 130 cm³/mol. The normalized spacial score (nSPS) is 19.2. The summed E-state index contributed by atoms with van der Waals surface area (Å²) in [6.07, 6.45) is 3.14. The lowest BCUT2D eigenvalue weighted by atomic mass is 10.0. The van der Waals surface area contributed by atoms with Crippen molar-refractivity contribution >= 4 is 23.0 Å². The zero-order chi connectivity index (χ0) is 24.1. The van der Waals surface area contributed by atoms with E-state index < -0.39 is 0 Å². The summed E-state index contributed by atoms with van der Waals surface area (Å²) in [7, 11) is 1.44. The van der Waals surface area contributed by atoms with Crippen LogP contribution in [0.15, 0.2) is 41.1 Å². The lowest BCUT2D eigenvalue weighted by molar-refractivity contribution is -0.141. The quantitative estimate of drug-likeness (QED) is 0.400. The molecule has 2 aliphatic heterocycles. The number of hydrogen-bond acceptors (Lipinski definition) is 8. The maximum atomic E-state index is 11.9. The number of pyridine rings is 1. The Bertz CT molecular complexity index is 1390. The van der Waals surface area contributed by atoms with Crippen LogP contribution in [0.25, 0.3) is 22.2 Å². The SMILES string of the molecule is COC(=O)C[C@@H]1CCN(c2nc3ccc(-c4c(C)noc4C)c4c3n2[C@@H](c2ccccn2)CO4)C1. The smallest absolute Gasteiger partial charge is 0.305 e. The first-order chi connectivity index (χ1) is 17.0. The average molecular weight is 474 g/mol. The van der Waals surface area contributed by atoms with Crippen molar-refractivity contribution in [3.8, 4) is 16.9 Å². The summed E-state index contributed by atoms with van der Waals surface area (Å²) in [4.78, 5) is 23.9. The Labute approximate surface area is 202 Å². The third-order valence-corrected chi connectivity index (χ3v) is 7.07. The van der Waals surface area contributed by atoms with Crippen molar-refractivity contribution in [2.75, 3.05) is 31.7 Å². The first-order valence-corrected chi connectivity index (χ1v) is 11.9. The summed E-state index contributed by atoms with van der Waals surface area (Å²) in [6, 6.07) is 9.88. The summed E-state index contributed by atoms with van der Waals surface area (Å²) in [5, 5.41) is 4.15. The molecule has 5 heterocycles. The van der Waals surface area contributed by atoms with Crippen molar-refractivity contribution in [2.45, 2.75) is 32.7 Å². The van der Waals surface area contributed by atoms with Gasteiger partial charge >= 0.3 is 5.97 Å². The lowest BCUT2D eigenvalue weighted by Gasteiger charge is -2.30. The Hall–Kier alpha value is -3.88. The van der Waals surface area contributed by atoms with Gasteiger partial charge in [0.1, 0.15) is 23.9 Å². The molecule has 1 aromatic carbocycles. The molecule has 0 bridgehead atoms. The number of hydrogen-bond donors (Lipinski definition) is 0. The van der Waals surface area contributed by atoms with Gasteiger partial charge in [0.15, 0.2) is 5.75 Å². The second-order valence-corrected chi connectivity index (χ2v) is 9.25. The van der Waals surface area contributed by atoms with Gasteiger partial charge < -0.3 is 18.9 Å². The van der Waals surface area contributed by atoms with Gasteiger partial charge in [0, 0.05) is 24.8 Å². The highest BCUT2D eigenvalue weighted by Gasteiger charge is 2.35. The number of methoxy groups -OCH3 is 1. The van der Waals surface area contributed by atoms with Gasteiger partial charge in [-0.05, 0) is 50.5 Å². The number of carbonyl (C=O) groups is 1. The van der Waals surface area contributed by atoms with Crippen molar-refractivity contribution in [3.05, 3.63) is 53.7 Å². The molecule has 0 radical (unpaired) electrons. The van der Waals surface area contributed by atoms with Gasteiger partial charge in [0.25, 0.3) is 0 Å². The summed E-state index contributed by atoms with van der Waals surface area (Å²) in [6.45, 7) is 5.87. The summed E-state index contributed by atoms with van der Waals surface area (Å²) < 4.78 is 19.1. The molecule has 9 nitrogen and oxygen atoms in total. The van der Waals surface area contributed by atoms with Crippen molar-refractivity contribution in [2.24, 2.45) is 5.92 Å². The van der Waals surface area contributed by atoms with E-state index in [9.17, 15) is 4.79 Å². The fourth-order valence-corrected chi connectivity index (χ4v) is 5.40. The molecule has 2 atom stereocenters. The summed E-state index contributed by atoms with van der Waals surface area (Å²) in [5.74, 6) is 2.49. The number of rotatable bonds is 5. The van der Waals surface area contributed by atoms with E-state index in [4.69, 9.17) is 19.0 Å². The molecule has 35 heavy (non-hydrogen) atoms. The molecule has 0 saturated carbocycles. The Morgan fingerprint density at radius 2 is 2.11 bits per heavy atom. The third kappa shape index (κ3) is 3.53. The van der Waals surface area contributed by atoms with Gasteiger partial charge in [-0.25, -0.2) is 4.98 Å². The average Bonchev–Trinajstić information content (AvgIpc) is 3.58. The van der Waals surface area contributed by atoms with Gasteiger partial charge in [-0.3, -0.25) is 14.3 Å². The van der Waals surface area contributed by atoms with Crippen molar-refractivity contribution in [3.63, 3.8) is 0 Å². The molecule has 0 unspecified atom stereocenters. The van der Waals surface area contributed by atoms with Crippen molar-refractivity contribution in [1.82, 2.24) is 19.7 Å². The molecule has 180 valence electrons. The van der Waals surface area contributed by atoms with E-state index in [1.54, 1.807) is 6.20 Å². The molecule has 1 fully saturated rings. The largest absolute Gasteiger partial charge is 0.488 e. The Morgan fingerprint density at radius 3 is 2.86 bits per heavy atom. The van der Waals surface area contributed by atoms with Crippen molar-refractivity contribution in [1.29, 1.82) is 0 Å².